The highest BCUT2D eigenvalue weighted by Crippen LogP contribution is 2.27. The van der Waals surface area contributed by atoms with Crippen LogP contribution in [-0.4, -0.2) is 19.0 Å². The van der Waals surface area contributed by atoms with Gasteiger partial charge in [-0.1, -0.05) is 12.1 Å². The maximum absolute atomic E-state index is 11.4. The van der Waals surface area contributed by atoms with E-state index >= 15 is 0 Å². The molecule has 94 valence electrons. The molecule has 4 nitrogen and oxygen atoms in total. The van der Waals surface area contributed by atoms with Crippen molar-refractivity contribution >= 4 is 11.6 Å². The molecule has 0 unspecified atom stereocenters. The highest BCUT2D eigenvalue weighted by Gasteiger charge is 2.12. The second-order valence-corrected chi connectivity index (χ2v) is 4.44. The summed E-state index contributed by atoms with van der Waals surface area (Å²) in [6, 6.07) is 8.09. The summed E-state index contributed by atoms with van der Waals surface area (Å²) >= 11 is 0. The van der Waals surface area contributed by atoms with E-state index in [1.54, 1.807) is 0 Å². The fourth-order valence-corrected chi connectivity index (χ4v) is 2.32. The number of benzene rings is 1. The lowest BCUT2D eigenvalue weighted by Gasteiger charge is -2.19. The van der Waals surface area contributed by atoms with E-state index in [9.17, 15) is 4.79 Å². The van der Waals surface area contributed by atoms with E-state index in [-0.39, 0.29) is 19.0 Å². The van der Waals surface area contributed by atoms with Gasteiger partial charge in [0.2, 0.25) is 5.91 Å². The third kappa shape index (κ3) is 3.01. The minimum atomic E-state index is -0.148. The van der Waals surface area contributed by atoms with Crippen LogP contribution in [0.5, 0.6) is 0 Å². The Morgan fingerprint density at radius 3 is 3.00 bits per heavy atom. The average Bonchev–Trinajstić information content (AvgIpc) is 2.42. The Morgan fingerprint density at radius 1 is 1.33 bits per heavy atom. The van der Waals surface area contributed by atoms with Gasteiger partial charge in [0.1, 0.15) is 6.54 Å². The number of anilines is 1. The van der Waals surface area contributed by atoms with Gasteiger partial charge < -0.3 is 10.6 Å². The lowest BCUT2D eigenvalue weighted by atomic mass is 9.90. The van der Waals surface area contributed by atoms with Crippen molar-refractivity contribution in [3.05, 3.63) is 29.3 Å². The number of hydrogen-bond donors (Lipinski definition) is 2. The molecular weight excluding hydrogens is 226 g/mol. The summed E-state index contributed by atoms with van der Waals surface area (Å²) < 4.78 is 0. The minimum Gasteiger partial charge on any atom is -0.376 e. The molecule has 0 spiro atoms. The SMILES string of the molecule is N#CCNC(=O)CNc1cccc2c1CCCC2. The monoisotopic (exact) mass is 243 g/mol. The number of aryl methyl sites for hydroxylation is 1. The lowest BCUT2D eigenvalue weighted by molar-refractivity contribution is -0.119. The van der Waals surface area contributed by atoms with Crippen molar-refractivity contribution in [3.63, 3.8) is 0 Å². The zero-order valence-electron chi connectivity index (χ0n) is 10.3. The van der Waals surface area contributed by atoms with Crippen LogP contribution in [0.4, 0.5) is 5.69 Å². The molecule has 1 aliphatic rings. The molecule has 1 amide bonds. The quantitative estimate of drug-likeness (QED) is 0.790. The average molecular weight is 243 g/mol. The largest absolute Gasteiger partial charge is 0.376 e. The Morgan fingerprint density at radius 2 is 2.17 bits per heavy atom. The van der Waals surface area contributed by atoms with E-state index in [1.807, 2.05) is 18.2 Å². The van der Waals surface area contributed by atoms with E-state index in [0.717, 1.165) is 18.5 Å². The number of carbonyl (C=O) groups excluding carboxylic acids is 1. The van der Waals surface area contributed by atoms with Gasteiger partial charge in [-0.25, -0.2) is 0 Å². The first-order valence-electron chi connectivity index (χ1n) is 6.29. The molecule has 0 bridgehead atoms. The molecule has 0 fully saturated rings. The highest BCUT2D eigenvalue weighted by atomic mass is 16.1. The van der Waals surface area contributed by atoms with Gasteiger partial charge in [-0.15, -0.1) is 0 Å². The van der Waals surface area contributed by atoms with Gasteiger partial charge in [0.15, 0.2) is 0 Å². The summed E-state index contributed by atoms with van der Waals surface area (Å²) in [4.78, 5) is 11.4. The Hall–Kier alpha value is -2.02. The number of nitrogens with zero attached hydrogens (tertiary/aromatic N) is 1. The molecule has 1 aliphatic carbocycles. The smallest absolute Gasteiger partial charge is 0.240 e. The van der Waals surface area contributed by atoms with Crippen molar-refractivity contribution < 1.29 is 4.79 Å². The van der Waals surface area contributed by atoms with Crippen LogP contribution in [0.2, 0.25) is 0 Å². The van der Waals surface area contributed by atoms with Gasteiger partial charge in [-0.05, 0) is 42.9 Å². The third-order valence-corrected chi connectivity index (χ3v) is 3.20. The Bertz CT molecular complexity index is 476. The topological polar surface area (TPSA) is 64.9 Å². The summed E-state index contributed by atoms with van der Waals surface area (Å²) in [5.74, 6) is -0.148. The summed E-state index contributed by atoms with van der Waals surface area (Å²) in [5.41, 5.74) is 3.79. The first kappa shape index (κ1) is 12.4. The van der Waals surface area contributed by atoms with E-state index in [0.29, 0.717) is 0 Å². The first-order valence-corrected chi connectivity index (χ1v) is 6.29. The number of carbonyl (C=O) groups is 1. The predicted octanol–water partition coefficient (Wildman–Crippen LogP) is 1.62. The molecule has 1 aromatic rings. The fourth-order valence-electron chi connectivity index (χ4n) is 2.32. The summed E-state index contributed by atoms with van der Waals surface area (Å²) in [7, 11) is 0. The molecule has 0 aliphatic heterocycles. The van der Waals surface area contributed by atoms with Crippen LogP contribution in [0.25, 0.3) is 0 Å². The van der Waals surface area contributed by atoms with Crippen LogP contribution >= 0.6 is 0 Å². The molecule has 0 aromatic heterocycles. The number of amides is 1. The van der Waals surface area contributed by atoms with Crippen LogP contribution < -0.4 is 10.6 Å². The van der Waals surface area contributed by atoms with Crippen LogP contribution in [0, 0.1) is 11.3 Å². The van der Waals surface area contributed by atoms with Crippen molar-refractivity contribution in [3.8, 4) is 6.07 Å². The van der Waals surface area contributed by atoms with E-state index in [4.69, 9.17) is 5.26 Å². The second-order valence-electron chi connectivity index (χ2n) is 4.44. The number of fused-ring (bicyclic) bond motifs is 1. The van der Waals surface area contributed by atoms with Crippen molar-refractivity contribution in [2.24, 2.45) is 0 Å². The lowest BCUT2D eigenvalue weighted by Crippen LogP contribution is -2.30. The van der Waals surface area contributed by atoms with E-state index < -0.39 is 0 Å². The second kappa shape index (κ2) is 6.06. The summed E-state index contributed by atoms with van der Waals surface area (Å²) in [6.45, 7) is 0.283. The number of rotatable bonds is 4. The number of nitrogens with one attached hydrogen (secondary N) is 2. The molecule has 18 heavy (non-hydrogen) atoms. The molecule has 4 heteroatoms. The van der Waals surface area contributed by atoms with Gasteiger partial charge in [-0.2, -0.15) is 5.26 Å². The normalized spacial score (nSPS) is 13.3. The molecule has 2 rings (SSSR count). The number of hydrogen-bond acceptors (Lipinski definition) is 3. The van der Waals surface area contributed by atoms with Crippen molar-refractivity contribution in [1.29, 1.82) is 5.26 Å². The van der Waals surface area contributed by atoms with E-state index in [1.165, 1.54) is 24.0 Å². The molecule has 0 saturated heterocycles. The molecule has 0 heterocycles. The van der Waals surface area contributed by atoms with Crippen LogP contribution in [0.1, 0.15) is 24.0 Å². The van der Waals surface area contributed by atoms with Crippen molar-refractivity contribution in [1.82, 2.24) is 5.32 Å². The van der Waals surface area contributed by atoms with E-state index in [2.05, 4.69) is 16.7 Å². The van der Waals surface area contributed by atoms with Crippen LogP contribution in [-0.2, 0) is 17.6 Å². The number of nitriles is 1. The Labute approximate surface area is 107 Å². The molecule has 2 N–H and O–H groups in total. The molecule has 0 atom stereocenters. The molecule has 0 saturated carbocycles. The maximum atomic E-state index is 11.4. The minimum absolute atomic E-state index is 0.0629. The maximum Gasteiger partial charge on any atom is 0.240 e. The molecular formula is C14H17N3O. The molecule has 0 radical (unpaired) electrons. The highest BCUT2D eigenvalue weighted by molar-refractivity contribution is 5.81. The van der Waals surface area contributed by atoms with Crippen LogP contribution in [0.15, 0.2) is 18.2 Å². The zero-order valence-corrected chi connectivity index (χ0v) is 10.3. The summed E-state index contributed by atoms with van der Waals surface area (Å²) in [6.07, 6.45) is 4.68. The van der Waals surface area contributed by atoms with Crippen molar-refractivity contribution in [2.45, 2.75) is 25.7 Å². The standard InChI is InChI=1S/C14H17N3O/c15-8-9-16-14(18)10-17-13-7-3-5-11-4-1-2-6-12(11)13/h3,5,7,17H,1-2,4,6,9-10H2,(H,16,18). The van der Waals surface area contributed by atoms with Crippen molar-refractivity contribution in [2.75, 3.05) is 18.4 Å². The third-order valence-electron chi connectivity index (χ3n) is 3.20. The zero-order chi connectivity index (χ0) is 12.8. The van der Waals surface area contributed by atoms with Gasteiger partial charge in [0, 0.05) is 5.69 Å². The van der Waals surface area contributed by atoms with Gasteiger partial charge in [0.05, 0.1) is 12.6 Å². The Balaban J connectivity index is 1.97. The fraction of sp³-hybridized carbons (Fsp3) is 0.429. The Kier molecular flexibility index (Phi) is 4.19. The summed E-state index contributed by atoms with van der Waals surface area (Å²) in [5, 5.41) is 14.1. The van der Waals surface area contributed by atoms with Gasteiger partial charge >= 0.3 is 0 Å². The predicted molar refractivity (Wildman–Crippen MR) is 70.2 cm³/mol. The van der Waals surface area contributed by atoms with Gasteiger partial charge in [-0.3, -0.25) is 4.79 Å². The van der Waals surface area contributed by atoms with Crippen LogP contribution in [0.3, 0.4) is 0 Å². The van der Waals surface area contributed by atoms with Gasteiger partial charge in [0.25, 0.3) is 0 Å². The molecule has 1 aromatic carbocycles. The first-order chi connectivity index (χ1) is 8.81.